The summed E-state index contributed by atoms with van der Waals surface area (Å²) in [6.07, 6.45) is 0.263. The van der Waals surface area contributed by atoms with E-state index in [4.69, 9.17) is 4.74 Å². The van der Waals surface area contributed by atoms with E-state index in [0.717, 1.165) is 21.0 Å². The Morgan fingerprint density at radius 2 is 1.39 bits per heavy atom. The lowest BCUT2D eigenvalue weighted by Gasteiger charge is -2.33. The zero-order valence-corrected chi connectivity index (χ0v) is 26.2. The van der Waals surface area contributed by atoms with E-state index in [-0.39, 0.29) is 23.8 Å². The van der Waals surface area contributed by atoms with Crippen molar-refractivity contribution in [3.05, 3.63) is 126 Å². The average Bonchev–Trinajstić information content (AvgIpc) is 3.03. The second-order valence-corrected chi connectivity index (χ2v) is 12.2. The van der Waals surface area contributed by atoms with Crippen LogP contribution in [0.15, 0.2) is 114 Å². The molecule has 2 amide bonds. The summed E-state index contributed by atoms with van der Waals surface area (Å²) in [6.45, 7) is 6.01. The van der Waals surface area contributed by atoms with Crippen LogP contribution in [-0.2, 0) is 32.6 Å². The summed E-state index contributed by atoms with van der Waals surface area (Å²) in [6, 6.07) is 31.1. The Morgan fingerprint density at radius 3 is 1.95 bits per heavy atom. The minimum absolute atomic E-state index is 0.0592. The highest BCUT2D eigenvalue weighted by atomic mass is 32.2. The number of sulfonamides is 1. The molecule has 0 heterocycles. The Labute approximate surface area is 260 Å². The molecular formula is C35H39N3O5S. The van der Waals surface area contributed by atoms with Crippen molar-refractivity contribution in [3.63, 3.8) is 0 Å². The molecule has 1 unspecified atom stereocenters. The number of hydrogen-bond donors (Lipinski definition) is 1. The molecule has 9 heteroatoms. The van der Waals surface area contributed by atoms with Crippen molar-refractivity contribution >= 4 is 27.5 Å². The van der Waals surface area contributed by atoms with E-state index in [1.54, 1.807) is 36.4 Å². The minimum atomic E-state index is -4.17. The van der Waals surface area contributed by atoms with E-state index in [1.165, 1.54) is 17.0 Å². The largest absolute Gasteiger partial charge is 0.494 e. The number of rotatable bonds is 14. The third kappa shape index (κ3) is 8.26. The predicted octanol–water partition coefficient (Wildman–Crippen LogP) is 5.37. The minimum Gasteiger partial charge on any atom is -0.494 e. The van der Waals surface area contributed by atoms with Crippen LogP contribution in [0.1, 0.15) is 30.5 Å². The maximum Gasteiger partial charge on any atom is 0.264 e. The SMILES string of the molecule is CCNC(=O)C(Cc1ccccc1)N(Cc1ccccc1)C(=O)CN(c1ccc(OCC)cc1)S(=O)(=O)c1ccc(C)cc1. The van der Waals surface area contributed by atoms with Gasteiger partial charge in [-0.25, -0.2) is 8.42 Å². The van der Waals surface area contributed by atoms with E-state index in [9.17, 15) is 18.0 Å². The molecule has 0 aliphatic heterocycles. The normalized spacial score (nSPS) is 11.8. The fourth-order valence-electron chi connectivity index (χ4n) is 4.87. The van der Waals surface area contributed by atoms with Gasteiger partial charge in [-0.15, -0.1) is 0 Å². The Morgan fingerprint density at radius 1 is 0.795 bits per heavy atom. The van der Waals surface area contributed by atoms with Crippen molar-refractivity contribution in [2.24, 2.45) is 0 Å². The zero-order valence-electron chi connectivity index (χ0n) is 25.3. The summed E-state index contributed by atoms with van der Waals surface area (Å²) in [5.74, 6) is -0.236. The molecule has 4 aromatic rings. The maximum absolute atomic E-state index is 14.4. The smallest absolute Gasteiger partial charge is 0.264 e. The first kappa shape index (κ1) is 32.3. The summed E-state index contributed by atoms with van der Waals surface area (Å²) in [5.41, 5.74) is 2.91. The Bertz CT molecular complexity index is 1610. The molecule has 0 spiro atoms. The maximum atomic E-state index is 14.4. The fraction of sp³-hybridized carbons (Fsp3) is 0.257. The number of carbonyl (C=O) groups is 2. The number of carbonyl (C=O) groups excluding carboxylic acids is 2. The summed E-state index contributed by atoms with van der Waals surface area (Å²) in [4.78, 5) is 29.5. The Kier molecular flexibility index (Phi) is 11.2. The van der Waals surface area contributed by atoms with Gasteiger partial charge in [0.15, 0.2) is 0 Å². The number of anilines is 1. The van der Waals surface area contributed by atoms with Crippen molar-refractivity contribution < 1.29 is 22.7 Å². The lowest BCUT2D eigenvalue weighted by atomic mass is 10.0. The summed E-state index contributed by atoms with van der Waals surface area (Å²) in [7, 11) is -4.17. The molecule has 0 aliphatic carbocycles. The second kappa shape index (κ2) is 15.2. The molecule has 230 valence electrons. The highest BCUT2D eigenvalue weighted by Crippen LogP contribution is 2.27. The number of hydrogen-bond acceptors (Lipinski definition) is 5. The number of benzene rings is 4. The van der Waals surface area contributed by atoms with Crippen LogP contribution in [0.4, 0.5) is 5.69 Å². The summed E-state index contributed by atoms with van der Waals surface area (Å²) < 4.78 is 34.9. The standard InChI is InChI=1S/C35H39N3O5S/c1-4-36-35(40)33(24-28-12-8-6-9-13-28)37(25-29-14-10-7-11-15-29)34(39)26-38(30-18-20-31(21-19-30)43-5-2)44(41,42)32-22-16-27(3)17-23-32/h6-23,33H,4-5,24-26H2,1-3H3,(H,36,40). The van der Waals surface area contributed by atoms with Gasteiger partial charge in [-0.05, 0) is 68.3 Å². The molecule has 0 saturated carbocycles. The average molecular weight is 614 g/mol. The van der Waals surface area contributed by atoms with E-state index in [2.05, 4.69) is 5.32 Å². The summed E-state index contributed by atoms with van der Waals surface area (Å²) in [5, 5.41) is 2.87. The second-order valence-electron chi connectivity index (χ2n) is 10.4. The van der Waals surface area contributed by atoms with Crippen LogP contribution in [0.25, 0.3) is 0 Å². The fourth-order valence-corrected chi connectivity index (χ4v) is 6.28. The molecule has 0 bridgehead atoms. The molecule has 8 nitrogen and oxygen atoms in total. The van der Waals surface area contributed by atoms with Crippen molar-refractivity contribution in [1.29, 1.82) is 0 Å². The molecule has 4 aromatic carbocycles. The molecular weight excluding hydrogens is 574 g/mol. The van der Waals surface area contributed by atoms with Gasteiger partial charge >= 0.3 is 0 Å². The lowest BCUT2D eigenvalue weighted by molar-refractivity contribution is -0.140. The van der Waals surface area contributed by atoms with Crippen LogP contribution < -0.4 is 14.4 Å². The number of nitrogens with one attached hydrogen (secondary N) is 1. The predicted molar refractivity (Wildman–Crippen MR) is 173 cm³/mol. The quantitative estimate of drug-likeness (QED) is 0.207. The third-order valence-corrected chi connectivity index (χ3v) is 8.93. The van der Waals surface area contributed by atoms with E-state index < -0.39 is 28.5 Å². The molecule has 1 atom stereocenters. The van der Waals surface area contributed by atoms with Crippen LogP contribution in [0.3, 0.4) is 0 Å². The summed E-state index contributed by atoms with van der Waals surface area (Å²) >= 11 is 0. The monoisotopic (exact) mass is 613 g/mol. The van der Waals surface area contributed by atoms with Crippen LogP contribution in [0.5, 0.6) is 5.75 Å². The molecule has 0 saturated heterocycles. The third-order valence-electron chi connectivity index (χ3n) is 7.14. The first-order valence-corrected chi connectivity index (χ1v) is 16.1. The van der Waals surface area contributed by atoms with Gasteiger partial charge in [0.25, 0.3) is 10.0 Å². The van der Waals surface area contributed by atoms with Gasteiger partial charge in [-0.2, -0.15) is 0 Å². The van der Waals surface area contributed by atoms with Crippen LogP contribution in [0, 0.1) is 6.92 Å². The Hall–Kier alpha value is -4.63. The first-order chi connectivity index (χ1) is 21.2. The molecule has 44 heavy (non-hydrogen) atoms. The van der Waals surface area contributed by atoms with Crippen LogP contribution in [0.2, 0.25) is 0 Å². The number of amides is 2. The van der Waals surface area contributed by atoms with Gasteiger partial charge < -0.3 is 15.0 Å². The van der Waals surface area contributed by atoms with Gasteiger partial charge in [-0.3, -0.25) is 13.9 Å². The van der Waals surface area contributed by atoms with Crippen molar-refractivity contribution in [3.8, 4) is 5.75 Å². The van der Waals surface area contributed by atoms with Crippen molar-refractivity contribution in [2.75, 3.05) is 24.0 Å². The molecule has 1 N–H and O–H groups in total. The number of ether oxygens (including phenoxy) is 1. The van der Waals surface area contributed by atoms with Gasteiger partial charge in [-0.1, -0.05) is 78.4 Å². The molecule has 4 rings (SSSR count). The van der Waals surface area contributed by atoms with Crippen molar-refractivity contribution in [2.45, 2.75) is 44.7 Å². The molecule has 0 aromatic heterocycles. The van der Waals surface area contributed by atoms with E-state index in [1.807, 2.05) is 81.4 Å². The number of aryl methyl sites for hydroxylation is 1. The molecule has 0 radical (unpaired) electrons. The highest BCUT2D eigenvalue weighted by molar-refractivity contribution is 7.92. The van der Waals surface area contributed by atoms with Gasteiger partial charge in [0, 0.05) is 19.5 Å². The highest BCUT2D eigenvalue weighted by Gasteiger charge is 2.34. The van der Waals surface area contributed by atoms with Gasteiger partial charge in [0.1, 0.15) is 18.3 Å². The number of nitrogens with zero attached hydrogens (tertiary/aromatic N) is 2. The zero-order chi connectivity index (χ0) is 31.5. The molecule has 0 aliphatic rings. The first-order valence-electron chi connectivity index (χ1n) is 14.7. The van der Waals surface area contributed by atoms with E-state index in [0.29, 0.717) is 24.6 Å². The molecule has 0 fully saturated rings. The van der Waals surface area contributed by atoms with Crippen LogP contribution >= 0.6 is 0 Å². The topological polar surface area (TPSA) is 96.0 Å². The van der Waals surface area contributed by atoms with Gasteiger partial charge in [0.2, 0.25) is 11.8 Å². The van der Waals surface area contributed by atoms with Gasteiger partial charge in [0.05, 0.1) is 17.2 Å². The Balaban J connectivity index is 1.78. The lowest BCUT2D eigenvalue weighted by Crippen LogP contribution is -2.53. The van der Waals surface area contributed by atoms with Crippen molar-refractivity contribution in [1.82, 2.24) is 10.2 Å². The van der Waals surface area contributed by atoms with Crippen LogP contribution in [-0.4, -0.2) is 50.9 Å². The number of likely N-dealkylation sites (N-methyl/N-ethyl adjacent to an activating group) is 1. The van der Waals surface area contributed by atoms with E-state index >= 15 is 0 Å².